The zero-order chi connectivity index (χ0) is 13.7. The highest BCUT2D eigenvalue weighted by molar-refractivity contribution is 5.97. The van der Waals surface area contributed by atoms with Gasteiger partial charge in [-0.3, -0.25) is 4.79 Å². The van der Waals surface area contributed by atoms with Crippen LogP contribution >= 0.6 is 0 Å². The van der Waals surface area contributed by atoms with Gasteiger partial charge in [0.15, 0.2) is 5.78 Å². The Balaban J connectivity index is 2.15. The molecule has 98 valence electrons. The van der Waals surface area contributed by atoms with E-state index in [0.717, 1.165) is 0 Å². The molecule has 5 nitrogen and oxygen atoms in total. The maximum atomic E-state index is 12.1. The van der Waals surface area contributed by atoms with Gasteiger partial charge < -0.3 is 9.47 Å². The molecule has 0 fully saturated rings. The molecule has 1 aromatic carbocycles. The summed E-state index contributed by atoms with van der Waals surface area (Å²) in [5.41, 5.74) is 1.22. The van der Waals surface area contributed by atoms with Gasteiger partial charge in [0.25, 0.3) is 0 Å². The number of carbonyl (C=O) groups is 1. The number of ketones is 1. The largest absolute Gasteiger partial charge is 0.497 e. The normalized spacial score (nSPS) is 10.0. The lowest BCUT2D eigenvalue weighted by Crippen LogP contribution is -2.06. The number of hydrogen-bond acceptors (Lipinski definition) is 5. The topological polar surface area (TPSA) is 61.3 Å². The Kier molecular flexibility index (Phi) is 4.07. The van der Waals surface area contributed by atoms with Crippen molar-refractivity contribution in [1.82, 2.24) is 9.97 Å². The Morgan fingerprint density at radius 3 is 2.74 bits per heavy atom. The summed E-state index contributed by atoms with van der Waals surface area (Å²) in [5.74, 6) is 1.08. The average molecular weight is 258 g/mol. The number of ether oxygens (including phenoxy) is 2. The summed E-state index contributed by atoms with van der Waals surface area (Å²) in [7, 11) is 3.09. The monoisotopic (exact) mass is 258 g/mol. The number of aromatic nitrogens is 2. The maximum absolute atomic E-state index is 12.1. The lowest BCUT2D eigenvalue weighted by atomic mass is 10.1. The molecule has 2 rings (SSSR count). The van der Waals surface area contributed by atoms with Gasteiger partial charge in [0.1, 0.15) is 12.1 Å². The summed E-state index contributed by atoms with van der Waals surface area (Å²) in [4.78, 5) is 20.1. The lowest BCUT2D eigenvalue weighted by Gasteiger charge is -2.04. The van der Waals surface area contributed by atoms with Crippen LogP contribution in [0.3, 0.4) is 0 Å². The molecule has 2 aromatic rings. The molecule has 0 radical (unpaired) electrons. The number of hydrogen-bond donors (Lipinski definition) is 0. The van der Waals surface area contributed by atoms with E-state index in [0.29, 0.717) is 22.9 Å². The van der Waals surface area contributed by atoms with Crippen LogP contribution in [0.1, 0.15) is 16.1 Å². The third kappa shape index (κ3) is 3.28. The fraction of sp³-hybridized carbons (Fsp3) is 0.214. The van der Waals surface area contributed by atoms with E-state index in [4.69, 9.17) is 9.47 Å². The van der Waals surface area contributed by atoms with Gasteiger partial charge in [-0.1, -0.05) is 12.1 Å². The van der Waals surface area contributed by atoms with E-state index in [-0.39, 0.29) is 12.2 Å². The van der Waals surface area contributed by atoms with Crippen molar-refractivity contribution in [3.8, 4) is 11.6 Å². The first-order valence-electron chi connectivity index (χ1n) is 5.75. The van der Waals surface area contributed by atoms with Crippen LogP contribution in [-0.4, -0.2) is 30.0 Å². The fourth-order valence-electron chi connectivity index (χ4n) is 1.65. The van der Waals surface area contributed by atoms with E-state index < -0.39 is 0 Å². The van der Waals surface area contributed by atoms with Gasteiger partial charge in [-0.15, -0.1) is 0 Å². The predicted molar refractivity (Wildman–Crippen MR) is 69.6 cm³/mol. The SMILES string of the molecule is COc1cccc(C(=O)Cc2cc(OC)ncn2)c1. The highest BCUT2D eigenvalue weighted by atomic mass is 16.5. The molecule has 0 saturated heterocycles. The molecule has 0 amide bonds. The van der Waals surface area contributed by atoms with Gasteiger partial charge in [0.05, 0.1) is 26.3 Å². The van der Waals surface area contributed by atoms with Crippen LogP contribution in [0.25, 0.3) is 0 Å². The van der Waals surface area contributed by atoms with Crippen LogP contribution in [-0.2, 0) is 6.42 Å². The molecule has 1 heterocycles. The molecule has 0 aliphatic heterocycles. The Morgan fingerprint density at radius 1 is 1.16 bits per heavy atom. The molecule has 0 spiro atoms. The molecule has 0 unspecified atom stereocenters. The van der Waals surface area contributed by atoms with E-state index >= 15 is 0 Å². The van der Waals surface area contributed by atoms with Crippen molar-refractivity contribution in [2.45, 2.75) is 6.42 Å². The molecule has 0 bridgehead atoms. The third-order valence-corrected chi connectivity index (χ3v) is 2.64. The molecule has 5 heteroatoms. The summed E-state index contributed by atoms with van der Waals surface area (Å²) in [6.07, 6.45) is 1.58. The zero-order valence-electron chi connectivity index (χ0n) is 10.8. The highest BCUT2D eigenvalue weighted by Crippen LogP contribution is 2.15. The van der Waals surface area contributed by atoms with Crippen LogP contribution in [0.4, 0.5) is 0 Å². The molecule has 19 heavy (non-hydrogen) atoms. The van der Waals surface area contributed by atoms with Gasteiger partial charge in [0, 0.05) is 11.6 Å². The van der Waals surface area contributed by atoms with Crippen LogP contribution in [0.15, 0.2) is 36.7 Å². The molecule has 0 saturated carbocycles. The van der Waals surface area contributed by atoms with Crippen LogP contribution < -0.4 is 9.47 Å². The minimum Gasteiger partial charge on any atom is -0.497 e. The third-order valence-electron chi connectivity index (χ3n) is 2.64. The van der Waals surface area contributed by atoms with Crippen molar-refractivity contribution < 1.29 is 14.3 Å². The van der Waals surface area contributed by atoms with Crippen molar-refractivity contribution in [2.75, 3.05) is 14.2 Å². The minimum atomic E-state index is -0.0281. The zero-order valence-corrected chi connectivity index (χ0v) is 10.8. The lowest BCUT2D eigenvalue weighted by molar-refractivity contribution is 0.0991. The van der Waals surface area contributed by atoms with Crippen LogP contribution in [0, 0.1) is 0 Å². The average Bonchev–Trinajstić information content (AvgIpc) is 2.47. The first-order valence-corrected chi connectivity index (χ1v) is 5.75. The molecule has 0 aliphatic carbocycles. The summed E-state index contributed by atoms with van der Waals surface area (Å²) in [5, 5.41) is 0. The predicted octanol–water partition coefficient (Wildman–Crippen LogP) is 1.92. The Bertz CT molecular complexity index is 584. The number of Topliss-reactive ketones (excluding diaryl/α,β-unsaturated/α-hetero) is 1. The summed E-state index contributed by atoms with van der Waals surface area (Å²) < 4.78 is 10.1. The maximum Gasteiger partial charge on any atom is 0.216 e. The first kappa shape index (κ1) is 13.0. The van der Waals surface area contributed by atoms with Crippen molar-refractivity contribution in [3.63, 3.8) is 0 Å². The number of benzene rings is 1. The van der Waals surface area contributed by atoms with E-state index in [1.807, 2.05) is 0 Å². The van der Waals surface area contributed by atoms with Gasteiger partial charge in [0.2, 0.25) is 5.88 Å². The second kappa shape index (κ2) is 5.95. The number of methoxy groups -OCH3 is 2. The van der Waals surface area contributed by atoms with Gasteiger partial charge >= 0.3 is 0 Å². The summed E-state index contributed by atoms with van der Waals surface area (Å²) >= 11 is 0. The smallest absolute Gasteiger partial charge is 0.216 e. The standard InChI is InChI=1S/C14H14N2O3/c1-18-12-5-3-4-10(6-12)13(17)7-11-8-14(19-2)16-9-15-11/h3-6,8-9H,7H2,1-2H3. The summed E-state index contributed by atoms with van der Waals surface area (Å²) in [6.45, 7) is 0. The molecule has 1 aromatic heterocycles. The number of carbonyl (C=O) groups excluding carboxylic acids is 1. The van der Waals surface area contributed by atoms with Gasteiger partial charge in [-0.05, 0) is 12.1 Å². The van der Waals surface area contributed by atoms with Crippen molar-refractivity contribution in [2.24, 2.45) is 0 Å². The van der Waals surface area contributed by atoms with E-state index in [9.17, 15) is 4.79 Å². The van der Waals surface area contributed by atoms with Crippen molar-refractivity contribution in [1.29, 1.82) is 0 Å². The second-order valence-electron chi connectivity index (χ2n) is 3.88. The Labute approximate surface area is 111 Å². The molecular weight excluding hydrogens is 244 g/mol. The molecule has 0 aliphatic rings. The van der Waals surface area contributed by atoms with Gasteiger partial charge in [-0.25, -0.2) is 9.97 Å². The summed E-state index contributed by atoms with van der Waals surface area (Å²) in [6, 6.07) is 8.69. The molecule has 0 N–H and O–H groups in total. The number of nitrogens with zero attached hydrogens (tertiary/aromatic N) is 2. The quantitative estimate of drug-likeness (QED) is 0.767. The van der Waals surface area contributed by atoms with Gasteiger partial charge in [-0.2, -0.15) is 0 Å². The van der Waals surface area contributed by atoms with Crippen LogP contribution in [0.2, 0.25) is 0 Å². The molecule has 0 atom stereocenters. The second-order valence-corrected chi connectivity index (χ2v) is 3.88. The van der Waals surface area contributed by atoms with E-state index in [1.165, 1.54) is 13.4 Å². The Hall–Kier alpha value is -2.43. The van der Waals surface area contributed by atoms with Crippen molar-refractivity contribution >= 4 is 5.78 Å². The first-order chi connectivity index (χ1) is 9.22. The fourth-order valence-corrected chi connectivity index (χ4v) is 1.65. The van der Waals surface area contributed by atoms with Crippen molar-refractivity contribution in [3.05, 3.63) is 47.9 Å². The molecular formula is C14H14N2O3. The minimum absolute atomic E-state index is 0.0281. The Morgan fingerprint density at radius 2 is 2.00 bits per heavy atom. The highest BCUT2D eigenvalue weighted by Gasteiger charge is 2.10. The van der Waals surface area contributed by atoms with Crippen LogP contribution in [0.5, 0.6) is 11.6 Å². The van der Waals surface area contributed by atoms with E-state index in [1.54, 1.807) is 37.4 Å². The number of rotatable bonds is 5. The van der Waals surface area contributed by atoms with E-state index in [2.05, 4.69) is 9.97 Å².